The van der Waals surface area contributed by atoms with Gasteiger partial charge in [0.25, 0.3) is 5.69 Å². The zero-order chi connectivity index (χ0) is 17.7. The second kappa shape index (κ2) is 7.55. The summed E-state index contributed by atoms with van der Waals surface area (Å²) in [4.78, 5) is 10.1. The first-order chi connectivity index (χ1) is 11.3. The minimum absolute atomic E-state index is 0.253. The smallest absolute Gasteiger partial charge is 0.258 e. The lowest BCUT2D eigenvalue weighted by molar-refractivity contribution is -0.387. The second-order valence-corrected chi connectivity index (χ2v) is 7.62. The number of hydrogen-bond acceptors (Lipinski definition) is 4. The molecule has 2 rings (SSSR count). The first-order valence-corrected chi connectivity index (χ1v) is 9.10. The minimum atomic E-state index is -4.02. The van der Waals surface area contributed by atoms with E-state index in [1.54, 1.807) is 0 Å². The Morgan fingerprint density at radius 1 is 1.04 bits per heavy atom. The van der Waals surface area contributed by atoms with Gasteiger partial charge in [0.1, 0.15) is 0 Å². The molecular formula is C17H20N2O4S. The number of benzene rings is 2. The molecule has 128 valence electrons. The van der Waals surface area contributed by atoms with Gasteiger partial charge in [-0.15, -0.1) is 0 Å². The van der Waals surface area contributed by atoms with Crippen molar-refractivity contribution < 1.29 is 13.3 Å². The lowest BCUT2D eigenvalue weighted by atomic mass is 9.98. The van der Waals surface area contributed by atoms with Crippen LogP contribution in [-0.4, -0.2) is 13.3 Å². The molecule has 0 saturated carbocycles. The molecule has 0 aliphatic carbocycles. The largest absolute Gasteiger partial charge is 0.289 e. The maximum Gasteiger partial charge on any atom is 0.289 e. The standard InChI is InChI=1S/C17H20N2O4S/c1-13(2)12-15(14-8-4-3-5-9-14)18-24(22,23)17-11-7-6-10-16(17)19(20)21/h3-11,13,15,18H,12H2,1-2H3/t15-/m0/s1. The molecule has 0 unspecified atom stereocenters. The molecule has 1 atom stereocenters. The molecule has 0 spiro atoms. The van der Waals surface area contributed by atoms with Crippen LogP contribution in [0, 0.1) is 16.0 Å². The fourth-order valence-electron chi connectivity index (χ4n) is 2.49. The second-order valence-electron chi connectivity index (χ2n) is 5.94. The molecule has 6 nitrogen and oxygen atoms in total. The van der Waals surface area contributed by atoms with Gasteiger partial charge >= 0.3 is 0 Å². The Balaban J connectivity index is 2.40. The van der Waals surface area contributed by atoms with Gasteiger partial charge in [0, 0.05) is 12.1 Å². The molecule has 7 heteroatoms. The fourth-order valence-corrected chi connectivity index (χ4v) is 3.90. The Kier molecular flexibility index (Phi) is 5.69. The van der Waals surface area contributed by atoms with Crippen molar-refractivity contribution in [1.29, 1.82) is 0 Å². The summed E-state index contributed by atoms with van der Waals surface area (Å²) in [7, 11) is -4.02. The number of sulfonamides is 1. The van der Waals surface area contributed by atoms with Gasteiger partial charge in [-0.2, -0.15) is 0 Å². The van der Waals surface area contributed by atoms with Gasteiger partial charge in [-0.05, 0) is 24.0 Å². The van der Waals surface area contributed by atoms with Crippen LogP contribution in [0.4, 0.5) is 5.69 Å². The van der Waals surface area contributed by atoms with Gasteiger partial charge < -0.3 is 0 Å². The SMILES string of the molecule is CC(C)C[C@H](NS(=O)(=O)c1ccccc1[N+](=O)[O-])c1ccccc1. The van der Waals surface area contributed by atoms with Crippen LogP contribution >= 0.6 is 0 Å². The van der Waals surface area contributed by atoms with Gasteiger partial charge in [-0.25, -0.2) is 13.1 Å². The van der Waals surface area contributed by atoms with Crippen molar-refractivity contribution in [3.8, 4) is 0 Å². The highest BCUT2D eigenvalue weighted by Gasteiger charge is 2.28. The van der Waals surface area contributed by atoms with E-state index >= 15 is 0 Å². The maximum atomic E-state index is 12.7. The predicted molar refractivity (Wildman–Crippen MR) is 92.1 cm³/mol. The van der Waals surface area contributed by atoms with Crippen LogP contribution in [0.2, 0.25) is 0 Å². The van der Waals surface area contributed by atoms with Crippen molar-refractivity contribution in [2.75, 3.05) is 0 Å². The van der Waals surface area contributed by atoms with Crippen LogP contribution < -0.4 is 4.72 Å². The number of nitrogens with zero attached hydrogens (tertiary/aromatic N) is 1. The van der Waals surface area contributed by atoms with E-state index in [0.717, 1.165) is 5.56 Å². The Hall–Kier alpha value is -2.25. The lowest BCUT2D eigenvalue weighted by Gasteiger charge is -2.21. The molecular weight excluding hydrogens is 328 g/mol. The fraction of sp³-hybridized carbons (Fsp3) is 0.294. The monoisotopic (exact) mass is 348 g/mol. The van der Waals surface area contributed by atoms with Crippen molar-refractivity contribution in [2.45, 2.75) is 31.2 Å². The third-order valence-corrected chi connectivity index (χ3v) is 5.08. The molecule has 0 bridgehead atoms. The highest BCUT2D eigenvalue weighted by Crippen LogP contribution is 2.27. The first-order valence-electron chi connectivity index (χ1n) is 7.62. The molecule has 0 saturated heterocycles. The summed E-state index contributed by atoms with van der Waals surface area (Å²) in [5, 5.41) is 11.1. The summed E-state index contributed by atoms with van der Waals surface area (Å²) < 4.78 is 28.0. The van der Waals surface area contributed by atoms with Crippen molar-refractivity contribution in [3.63, 3.8) is 0 Å². The zero-order valence-corrected chi connectivity index (χ0v) is 14.4. The molecule has 0 fully saturated rings. The molecule has 2 aromatic carbocycles. The molecule has 0 amide bonds. The van der Waals surface area contributed by atoms with E-state index in [0.29, 0.717) is 6.42 Å². The normalized spacial score (nSPS) is 13.0. The van der Waals surface area contributed by atoms with E-state index in [2.05, 4.69) is 4.72 Å². The van der Waals surface area contributed by atoms with Crippen LogP contribution in [0.3, 0.4) is 0 Å². The summed E-state index contributed by atoms with van der Waals surface area (Å²) in [5.74, 6) is 0.253. The number of nitrogens with one attached hydrogen (secondary N) is 1. The van der Waals surface area contributed by atoms with Gasteiger partial charge in [0.05, 0.1) is 4.92 Å². The van der Waals surface area contributed by atoms with E-state index in [1.807, 2.05) is 44.2 Å². The van der Waals surface area contributed by atoms with E-state index in [-0.39, 0.29) is 10.8 Å². The number of hydrogen-bond donors (Lipinski definition) is 1. The number of nitro benzene ring substituents is 1. The van der Waals surface area contributed by atoms with Crippen LogP contribution in [0.25, 0.3) is 0 Å². The molecule has 0 aromatic heterocycles. The quantitative estimate of drug-likeness (QED) is 0.611. The molecule has 0 heterocycles. The third-order valence-electron chi connectivity index (χ3n) is 3.56. The Labute approximate surface area is 141 Å². The van der Waals surface area contributed by atoms with Gasteiger partial charge in [-0.3, -0.25) is 10.1 Å². The van der Waals surface area contributed by atoms with Crippen LogP contribution in [0.1, 0.15) is 31.9 Å². The number of rotatable bonds is 7. The summed E-state index contributed by atoms with van der Waals surface area (Å²) in [6, 6.07) is 14.1. The molecule has 24 heavy (non-hydrogen) atoms. The van der Waals surface area contributed by atoms with Crippen molar-refractivity contribution in [3.05, 3.63) is 70.3 Å². The van der Waals surface area contributed by atoms with Gasteiger partial charge in [0.2, 0.25) is 10.0 Å². The van der Waals surface area contributed by atoms with E-state index < -0.39 is 26.7 Å². The van der Waals surface area contributed by atoms with Crippen molar-refractivity contribution in [1.82, 2.24) is 4.72 Å². The highest BCUT2D eigenvalue weighted by molar-refractivity contribution is 7.89. The van der Waals surface area contributed by atoms with E-state index in [9.17, 15) is 18.5 Å². The van der Waals surface area contributed by atoms with Crippen LogP contribution in [0.15, 0.2) is 59.5 Å². The van der Waals surface area contributed by atoms with E-state index in [1.165, 1.54) is 24.3 Å². The minimum Gasteiger partial charge on any atom is -0.258 e. The molecule has 0 aliphatic heterocycles. The Bertz CT molecular complexity index is 804. The summed E-state index contributed by atoms with van der Waals surface area (Å²) >= 11 is 0. The molecule has 1 N–H and O–H groups in total. The number of para-hydroxylation sites is 1. The lowest BCUT2D eigenvalue weighted by Crippen LogP contribution is -2.30. The zero-order valence-electron chi connectivity index (χ0n) is 13.5. The predicted octanol–water partition coefficient (Wildman–Crippen LogP) is 3.66. The summed E-state index contributed by atoms with van der Waals surface area (Å²) in [6.45, 7) is 3.99. The van der Waals surface area contributed by atoms with Crippen molar-refractivity contribution >= 4 is 15.7 Å². The van der Waals surface area contributed by atoms with E-state index in [4.69, 9.17) is 0 Å². The average molecular weight is 348 g/mol. The Morgan fingerprint density at radius 3 is 2.21 bits per heavy atom. The summed E-state index contributed by atoms with van der Waals surface area (Å²) in [6.07, 6.45) is 0.587. The summed E-state index contributed by atoms with van der Waals surface area (Å²) in [5.41, 5.74) is 0.398. The van der Waals surface area contributed by atoms with Gasteiger partial charge in [-0.1, -0.05) is 56.3 Å². The first kappa shape index (κ1) is 18.1. The molecule has 0 radical (unpaired) electrons. The maximum absolute atomic E-state index is 12.7. The van der Waals surface area contributed by atoms with Crippen LogP contribution in [0.5, 0.6) is 0 Å². The highest BCUT2D eigenvalue weighted by atomic mass is 32.2. The third kappa shape index (κ3) is 4.39. The number of nitro groups is 1. The van der Waals surface area contributed by atoms with Gasteiger partial charge in [0.15, 0.2) is 4.90 Å². The van der Waals surface area contributed by atoms with Crippen LogP contribution in [-0.2, 0) is 10.0 Å². The van der Waals surface area contributed by atoms with Crippen molar-refractivity contribution in [2.24, 2.45) is 5.92 Å². The molecule has 2 aromatic rings. The average Bonchev–Trinajstić information content (AvgIpc) is 2.54. The Morgan fingerprint density at radius 2 is 1.62 bits per heavy atom. The topological polar surface area (TPSA) is 89.3 Å². The molecule has 0 aliphatic rings.